The van der Waals surface area contributed by atoms with E-state index in [0.29, 0.717) is 51.7 Å². The number of carbonyl (C=O) groups excluding carboxylic acids is 1. The van der Waals surface area contributed by atoms with E-state index in [0.717, 1.165) is 11.1 Å². The number of ether oxygens (including phenoxy) is 8. The molecule has 4 aromatic carbocycles. The maximum Gasteiger partial charge on any atom is 0.296 e. The van der Waals surface area contributed by atoms with Gasteiger partial charge in [-0.15, -0.1) is 0 Å². The molecule has 0 aliphatic carbocycles. The van der Waals surface area contributed by atoms with Crippen molar-refractivity contribution in [1.29, 1.82) is 0 Å². The number of nitrogens with zero attached hydrogens (tertiary/aromatic N) is 1. The number of nitro benzene ring substituents is 1. The van der Waals surface area contributed by atoms with Crippen molar-refractivity contribution < 1.29 is 47.6 Å². The van der Waals surface area contributed by atoms with Crippen molar-refractivity contribution in [3.63, 3.8) is 0 Å². The average Bonchev–Trinajstić information content (AvgIpc) is 3.13. The van der Waals surface area contributed by atoms with Crippen LogP contribution in [-0.4, -0.2) is 67.7 Å². The van der Waals surface area contributed by atoms with Crippen LogP contribution in [0, 0.1) is 10.1 Å². The summed E-state index contributed by atoms with van der Waals surface area (Å²) in [6, 6.07) is 15.6. The van der Waals surface area contributed by atoms with Crippen LogP contribution in [0.15, 0.2) is 60.7 Å². The highest BCUT2D eigenvalue weighted by Gasteiger charge is 2.22. The molecule has 0 spiro atoms. The standard InChI is InChI=1S/C17H18N2O7.C17H22N2O4/c1-23-11-5-6-12(13(9-11)19(21)22)18-17(20)10-7-14(24-2)16(26-4)15(8-10)25-3;1-20-11-5-6-12(13(18)9-11)16(19)10-7-14(21-2)17(23-4)15(8-10)22-3/h5-9H,1-4H3,(H,18,20);5-9,16H,18-19H2,1-4H3. The van der Waals surface area contributed by atoms with Gasteiger partial charge < -0.3 is 54.7 Å². The van der Waals surface area contributed by atoms with Crippen molar-refractivity contribution in [1.82, 2.24) is 0 Å². The van der Waals surface area contributed by atoms with Crippen LogP contribution in [0.1, 0.15) is 27.5 Å². The molecular weight excluding hydrogens is 640 g/mol. The second-order valence-electron chi connectivity index (χ2n) is 9.94. The number of methoxy groups -OCH3 is 8. The zero-order valence-electron chi connectivity index (χ0n) is 28.4. The van der Waals surface area contributed by atoms with Crippen molar-refractivity contribution >= 4 is 23.0 Å². The minimum atomic E-state index is -0.604. The Kier molecular flexibility index (Phi) is 13.1. The second kappa shape index (κ2) is 17.2. The Morgan fingerprint density at radius 3 is 1.57 bits per heavy atom. The highest BCUT2D eigenvalue weighted by Crippen LogP contribution is 2.41. The summed E-state index contributed by atoms with van der Waals surface area (Å²) in [5.41, 5.74) is 14.5. The van der Waals surface area contributed by atoms with E-state index in [9.17, 15) is 14.9 Å². The van der Waals surface area contributed by atoms with Crippen molar-refractivity contribution in [3.05, 3.63) is 87.5 Å². The van der Waals surface area contributed by atoms with E-state index in [1.807, 2.05) is 24.3 Å². The third-order valence-electron chi connectivity index (χ3n) is 7.25. The fourth-order valence-corrected chi connectivity index (χ4v) is 4.73. The third kappa shape index (κ3) is 8.64. The monoisotopic (exact) mass is 680 g/mol. The van der Waals surface area contributed by atoms with E-state index >= 15 is 0 Å². The minimum Gasteiger partial charge on any atom is -0.497 e. The zero-order valence-corrected chi connectivity index (χ0v) is 28.4. The van der Waals surface area contributed by atoms with Crippen LogP contribution in [-0.2, 0) is 0 Å². The van der Waals surface area contributed by atoms with E-state index in [1.54, 1.807) is 34.5 Å². The topological polar surface area (TPSA) is 198 Å². The zero-order chi connectivity index (χ0) is 36.2. The van der Waals surface area contributed by atoms with Crippen LogP contribution < -0.4 is 54.7 Å². The van der Waals surface area contributed by atoms with Gasteiger partial charge >= 0.3 is 0 Å². The molecule has 0 bridgehead atoms. The molecule has 4 aromatic rings. The smallest absolute Gasteiger partial charge is 0.296 e. The first kappa shape index (κ1) is 37.4. The number of carbonyl (C=O) groups is 1. The Bertz CT molecular complexity index is 1730. The molecule has 0 radical (unpaired) electrons. The number of hydrogen-bond acceptors (Lipinski definition) is 13. The molecule has 0 saturated heterocycles. The summed E-state index contributed by atoms with van der Waals surface area (Å²) in [7, 11) is 12.0. The van der Waals surface area contributed by atoms with Crippen molar-refractivity contribution in [3.8, 4) is 46.0 Å². The fraction of sp³-hybridized carbons (Fsp3) is 0.265. The number of nitrogen functional groups attached to an aromatic ring is 1. The third-order valence-corrected chi connectivity index (χ3v) is 7.25. The van der Waals surface area contributed by atoms with E-state index < -0.39 is 16.9 Å². The van der Waals surface area contributed by atoms with Gasteiger partial charge in [0.1, 0.15) is 17.2 Å². The summed E-state index contributed by atoms with van der Waals surface area (Å²) in [5.74, 6) is 2.95. The molecule has 0 heterocycles. The van der Waals surface area contributed by atoms with Gasteiger partial charge in [-0.25, -0.2) is 0 Å². The SMILES string of the molecule is COc1ccc(C(N)c2cc(OC)c(OC)c(OC)c2)c(N)c1.COc1ccc(NC(=O)c2cc(OC)c(OC)c(OC)c2)c([N+](=O)[O-])c1. The Labute approximate surface area is 283 Å². The number of nitrogens with two attached hydrogens (primary N) is 2. The molecule has 1 amide bonds. The summed E-state index contributed by atoms with van der Waals surface area (Å²) in [5, 5.41) is 13.7. The Morgan fingerprint density at radius 2 is 1.14 bits per heavy atom. The van der Waals surface area contributed by atoms with Crippen molar-refractivity contribution in [2.45, 2.75) is 6.04 Å². The molecule has 1 atom stereocenters. The van der Waals surface area contributed by atoms with Gasteiger partial charge in [0.25, 0.3) is 11.6 Å². The molecule has 0 aromatic heterocycles. The fourth-order valence-electron chi connectivity index (χ4n) is 4.73. The normalized spacial score (nSPS) is 10.8. The predicted molar refractivity (Wildman–Crippen MR) is 183 cm³/mol. The van der Waals surface area contributed by atoms with E-state index in [-0.39, 0.29) is 16.9 Å². The van der Waals surface area contributed by atoms with Crippen LogP contribution in [0.4, 0.5) is 17.1 Å². The molecular formula is C34H40N4O11. The number of rotatable bonds is 13. The van der Waals surface area contributed by atoms with E-state index in [2.05, 4.69) is 5.32 Å². The lowest BCUT2D eigenvalue weighted by Gasteiger charge is -2.19. The number of amides is 1. The van der Waals surface area contributed by atoms with E-state index in [1.165, 1.54) is 58.8 Å². The van der Waals surface area contributed by atoms with Gasteiger partial charge in [0, 0.05) is 17.3 Å². The highest BCUT2D eigenvalue weighted by atomic mass is 16.6. The van der Waals surface area contributed by atoms with Crippen LogP contribution in [0.25, 0.3) is 0 Å². The van der Waals surface area contributed by atoms with Gasteiger partial charge in [-0.2, -0.15) is 0 Å². The lowest BCUT2D eigenvalue weighted by Crippen LogP contribution is -2.14. The van der Waals surface area contributed by atoms with Crippen LogP contribution in [0.2, 0.25) is 0 Å². The number of benzene rings is 4. The largest absolute Gasteiger partial charge is 0.497 e. The first-order valence-electron chi connectivity index (χ1n) is 14.4. The molecule has 262 valence electrons. The lowest BCUT2D eigenvalue weighted by molar-refractivity contribution is -0.384. The summed E-state index contributed by atoms with van der Waals surface area (Å²) < 4.78 is 41.8. The first-order chi connectivity index (χ1) is 23.5. The highest BCUT2D eigenvalue weighted by molar-refractivity contribution is 6.06. The molecule has 0 aliphatic rings. The van der Waals surface area contributed by atoms with Crippen LogP contribution in [0.3, 0.4) is 0 Å². The maximum atomic E-state index is 12.6. The van der Waals surface area contributed by atoms with E-state index in [4.69, 9.17) is 49.4 Å². The summed E-state index contributed by atoms with van der Waals surface area (Å²) in [6.07, 6.45) is 0. The summed E-state index contributed by atoms with van der Waals surface area (Å²) >= 11 is 0. The van der Waals surface area contributed by atoms with Crippen molar-refractivity contribution in [2.75, 3.05) is 67.9 Å². The summed E-state index contributed by atoms with van der Waals surface area (Å²) in [6.45, 7) is 0. The molecule has 1 unspecified atom stereocenters. The predicted octanol–water partition coefficient (Wildman–Crippen LogP) is 5.23. The molecule has 4 rings (SSSR count). The van der Waals surface area contributed by atoms with Crippen LogP contribution in [0.5, 0.6) is 46.0 Å². The molecule has 5 N–H and O–H groups in total. The van der Waals surface area contributed by atoms with Crippen molar-refractivity contribution in [2.24, 2.45) is 5.73 Å². The second-order valence-corrected chi connectivity index (χ2v) is 9.94. The average molecular weight is 681 g/mol. The number of hydrogen-bond donors (Lipinski definition) is 3. The Balaban J connectivity index is 0.000000267. The van der Waals surface area contributed by atoms with Gasteiger partial charge in [-0.05, 0) is 53.6 Å². The van der Waals surface area contributed by atoms with Crippen LogP contribution >= 0.6 is 0 Å². The maximum absolute atomic E-state index is 12.6. The van der Waals surface area contributed by atoms with Gasteiger partial charge in [-0.1, -0.05) is 6.07 Å². The molecule has 0 saturated carbocycles. The first-order valence-corrected chi connectivity index (χ1v) is 14.4. The molecule has 15 nitrogen and oxygen atoms in total. The van der Waals surface area contributed by atoms with Gasteiger partial charge in [0.15, 0.2) is 23.0 Å². The Hall–Kier alpha value is -6.09. The number of nitro groups is 1. The number of nitrogens with one attached hydrogen (secondary N) is 1. The summed E-state index contributed by atoms with van der Waals surface area (Å²) in [4.78, 5) is 23.2. The molecule has 0 aliphatic heterocycles. The molecule has 15 heteroatoms. The molecule has 0 fully saturated rings. The molecule has 49 heavy (non-hydrogen) atoms. The van der Waals surface area contributed by atoms with Gasteiger partial charge in [0.2, 0.25) is 11.5 Å². The Morgan fingerprint density at radius 1 is 0.673 bits per heavy atom. The minimum absolute atomic E-state index is 0.0366. The quantitative estimate of drug-likeness (QED) is 0.0943. The number of anilines is 2. The van der Waals surface area contributed by atoms with Gasteiger partial charge in [-0.3, -0.25) is 14.9 Å². The lowest BCUT2D eigenvalue weighted by atomic mass is 9.97. The van der Waals surface area contributed by atoms with Gasteiger partial charge in [0.05, 0.1) is 73.9 Å².